The third-order valence-corrected chi connectivity index (χ3v) is 8.20. The number of ether oxygens (including phenoxy) is 1. The van der Waals surface area contributed by atoms with Gasteiger partial charge in [0, 0.05) is 25.2 Å². The third-order valence-electron chi connectivity index (χ3n) is 8.20. The van der Waals surface area contributed by atoms with Crippen LogP contribution in [0.5, 0.6) is 5.75 Å². The van der Waals surface area contributed by atoms with Gasteiger partial charge in [-0.2, -0.15) is 0 Å². The molecule has 2 aromatic carbocycles. The average Bonchev–Trinajstić information content (AvgIpc) is 3.23. The van der Waals surface area contributed by atoms with Crippen molar-refractivity contribution in [3.05, 3.63) is 83.0 Å². The predicted octanol–water partition coefficient (Wildman–Crippen LogP) is 7.71. The summed E-state index contributed by atoms with van der Waals surface area (Å²) in [5, 5.41) is 0. The van der Waals surface area contributed by atoms with Crippen LogP contribution < -0.4 is 9.64 Å². The van der Waals surface area contributed by atoms with Crippen molar-refractivity contribution in [1.29, 1.82) is 0 Å². The van der Waals surface area contributed by atoms with E-state index in [1.54, 1.807) is 0 Å². The molecule has 1 saturated heterocycles. The fourth-order valence-electron chi connectivity index (χ4n) is 6.47. The largest absolute Gasteiger partial charge is 0.489 e. The van der Waals surface area contributed by atoms with E-state index in [-0.39, 0.29) is 12.1 Å². The second kappa shape index (κ2) is 12.0. The van der Waals surface area contributed by atoms with E-state index in [1.165, 1.54) is 40.8 Å². The topological polar surface area (TPSA) is 32.8 Å². The van der Waals surface area contributed by atoms with Gasteiger partial charge in [-0.3, -0.25) is 4.79 Å². The monoisotopic (exact) mass is 498 g/mol. The fraction of sp³-hybridized carbons (Fsp3) is 0.485. The number of nitrogens with zero attached hydrogens (tertiary/aromatic N) is 2. The van der Waals surface area contributed by atoms with Crippen molar-refractivity contribution in [2.75, 3.05) is 24.6 Å². The molecule has 4 heteroatoms. The number of anilines is 1. The van der Waals surface area contributed by atoms with Crippen LogP contribution in [0, 0.1) is 0 Å². The highest BCUT2D eigenvalue weighted by Gasteiger charge is 2.40. The maximum Gasteiger partial charge on any atom is 0.223 e. The Morgan fingerprint density at radius 2 is 1.76 bits per heavy atom. The van der Waals surface area contributed by atoms with Crippen molar-refractivity contribution in [3.63, 3.8) is 0 Å². The van der Waals surface area contributed by atoms with Gasteiger partial charge in [0.1, 0.15) is 12.4 Å². The highest BCUT2D eigenvalue weighted by Crippen LogP contribution is 2.50. The molecule has 0 spiro atoms. The van der Waals surface area contributed by atoms with Crippen molar-refractivity contribution in [3.8, 4) is 5.75 Å². The summed E-state index contributed by atoms with van der Waals surface area (Å²) < 4.78 is 6.28. The number of hydrogen-bond acceptors (Lipinski definition) is 3. The maximum atomic E-state index is 13.0. The van der Waals surface area contributed by atoms with Crippen molar-refractivity contribution in [1.82, 2.24) is 4.90 Å². The Morgan fingerprint density at radius 3 is 2.65 bits per heavy atom. The van der Waals surface area contributed by atoms with Crippen molar-refractivity contribution in [2.24, 2.45) is 0 Å². The Kier molecular flexibility index (Phi) is 8.33. The van der Waals surface area contributed by atoms with Gasteiger partial charge in [0.25, 0.3) is 0 Å². The van der Waals surface area contributed by atoms with E-state index < -0.39 is 0 Å². The average molecular weight is 499 g/mol. The molecule has 2 atom stereocenters. The van der Waals surface area contributed by atoms with E-state index in [4.69, 9.17) is 4.74 Å². The van der Waals surface area contributed by atoms with E-state index in [0.717, 1.165) is 57.4 Å². The highest BCUT2D eigenvalue weighted by atomic mass is 16.5. The lowest BCUT2D eigenvalue weighted by Gasteiger charge is -2.49. The molecule has 0 aromatic heterocycles. The molecule has 0 radical (unpaired) electrons. The van der Waals surface area contributed by atoms with Gasteiger partial charge in [0.15, 0.2) is 0 Å². The smallest absolute Gasteiger partial charge is 0.223 e. The first-order valence-corrected chi connectivity index (χ1v) is 14.5. The standard InChI is InChI=1S/C31H36N2O2.C2H6/c34-30-17-5-6-18-32(30)29-21-28(33-19-9-14-24-12-8-16-27(29)31(24)33)25-13-7-15-26(20-25)35-22-23-10-3-1-2-4-11-23;1-2/h1,3,7-8,10,12-13,15-16,20,28-29H,2,4-6,9,11,14,17-19,21-22H2;1-2H3. The first kappa shape index (κ1) is 25.6. The number of aryl methyl sites for hydroxylation is 1. The number of carbonyl (C=O) groups excluding carboxylic acids is 1. The van der Waals surface area contributed by atoms with Crippen LogP contribution in [0.2, 0.25) is 0 Å². The molecule has 1 fully saturated rings. The van der Waals surface area contributed by atoms with Crippen molar-refractivity contribution in [2.45, 2.75) is 83.7 Å². The lowest BCUT2D eigenvalue weighted by atomic mass is 9.82. The summed E-state index contributed by atoms with van der Waals surface area (Å²) in [5.41, 5.74) is 6.84. The second-order valence-corrected chi connectivity index (χ2v) is 10.5. The zero-order valence-corrected chi connectivity index (χ0v) is 22.6. The van der Waals surface area contributed by atoms with E-state index in [2.05, 4.69) is 70.5 Å². The zero-order valence-electron chi connectivity index (χ0n) is 22.6. The van der Waals surface area contributed by atoms with Crippen LogP contribution in [0.15, 0.2) is 66.3 Å². The number of para-hydroxylation sites is 1. The molecule has 2 aromatic rings. The minimum atomic E-state index is 0.157. The van der Waals surface area contributed by atoms with Gasteiger partial charge in [-0.25, -0.2) is 0 Å². The third kappa shape index (κ3) is 5.49. The molecule has 0 bridgehead atoms. The van der Waals surface area contributed by atoms with E-state index in [9.17, 15) is 4.79 Å². The molecule has 6 rings (SSSR count). The van der Waals surface area contributed by atoms with Crippen LogP contribution in [-0.2, 0) is 11.2 Å². The molecular weight excluding hydrogens is 456 g/mol. The molecule has 2 unspecified atom stereocenters. The minimum Gasteiger partial charge on any atom is -0.489 e. The summed E-state index contributed by atoms with van der Waals surface area (Å²) in [6.45, 7) is 6.60. The SMILES string of the molecule is CC.O=C1CCCCN1C1CC(c2cccc(OCC3=CC=CCCC3)c2)N2CCCc3cccc1c32. The molecule has 4 nitrogen and oxygen atoms in total. The normalized spacial score (nSPS) is 22.9. The molecule has 3 aliphatic heterocycles. The van der Waals surface area contributed by atoms with Crippen LogP contribution in [0.1, 0.15) is 94.0 Å². The highest BCUT2D eigenvalue weighted by molar-refractivity contribution is 5.78. The van der Waals surface area contributed by atoms with Gasteiger partial charge >= 0.3 is 0 Å². The Hall–Kier alpha value is -3.01. The first-order valence-electron chi connectivity index (χ1n) is 14.5. The van der Waals surface area contributed by atoms with E-state index >= 15 is 0 Å². The summed E-state index contributed by atoms with van der Waals surface area (Å²) in [6.07, 6.45) is 16.1. The lowest BCUT2D eigenvalue weighted by molar-refractivity contribution is -0.136. The fourth-order valence-corrected chi connectivity index (χ4v) is 6.47. The zero-order chi connectivity index (χ0) is 25.6. The van der Waals surface area contributed by atoms with Crippen LogP contribution in [0.3, 0.4) is 0 Å². The molecule has 1 aliphatic carbocycles. The summed E-state index contributed by atoms with van der Waals surface area (Å²) in [5.74, 6) is 1.27. The van der Waals surface area contributed by atoms with Crippen LogP contribution in [0.4, 0.5) is 5.69 Å². The number of hydrogen-bond donors (Lipinski definition) is 0. The van der Waals surface area contributed by atoms with Gasteiger partial charge in [-0.15, -0.1) is 0 Å². The Balaban J connectivity index is 0.00000137. The Morgan fingerprint density at radius 1 is 0.892 bits per heavy atom. The summed E-state index contributed by atoms with van der Waals surface area (Å²) in [7, 11) is 0. The van der Waals surface area contributed by atoms with Crippen molar-refractivity contribution < 1.29 is 9.53 Å². The van der Waals surface area contributed by atoms with Crippen LogP contribution in [0.25, 0.3) is 0 Å². The molecular formula is C33H42N2O2. The quantitative estimate of drug-likeness (QED) is 0.423. The molecule has 1 amide bonds. The number of piperidine rings is 1. The Labute approximate surface area is 223 Å². The first-order chi connectivity index (χ1) is 18.3. The lowest BCUT2D eigenvalue weighted by Crippen LogP contribution is -2.45. The van der Waals surface area contributed by atoms with E-state index in [1.807, 2.05) is 13.8 Å². The molecule has 0 N–H and O–H groups in total. The molecule has 37 heavy (non-hydrogen) atoms. The second-order valence-electron chi connectivity index (χ2n) is 10.5. The predicted molar refractivity (Wildman–Crippen MR) is 152 cm³/mol. The van der Waals surface area contributed by atoms with Crippen molar-refractivity contribution >= 4 is 11.6 Å². The van der Waals surface area contributed by atoms with Gasteiger partial charge in [-0.05, 0) is 85.8 Å². The number of amides is 1. The van der Waals surface area contributed by atoms with Gasteiger partial charge in [0.2, 0.25) is 5.91 Å². The molecule has 4 aliphatic rings. The number of likely N-dealkylation sites (tertiary alicyclic amines) is 1. The summed E-state index contributed by atoms with van der Waals surface area (Å²) in [4.78, 5) is 17.8. The maximum absolute atomic E-state index is 13.0. The Bertz CT molecular complexity index is 1150. The minimum absolute atomic E-state index is 0.157. The summed E-state index contributed by atoms with van der Waals surface area (Å²) >= 11 is 0. The van der Waals surface area contributed by atoms with Gasteiger partial charge in [-0.1, -0.05) is 62.4 Å². The molecule has 3 heterocycles. The van der Waals surface area contributed by atoms with E-state index in [0.29, 0.717) is 18.9 Å². The molecule has 196 valence electrons. The van der Waals surface area contributed by atoms with Gasteiger partial charge < -0.3 is 14.5 Å². The van der Waals surface area contributed by atoms with Crippen LogP contribution in [-0.4, -0.2) is 30.5 Å². The van der Waals surface area contributed by atoms with Gasteiger partial charge in [0.05, 0.1) is 12.1 Å². The molecule has 0 saturated carbocycles. The number of allylic oxidation sites excluding steroid dienone is 3. The number of carbonyl (C=O) groups is 1. The number of benzene rings is 2. The number of rotatable bonds is 5. The summed E-state index contributed by atoms with van der Waals surface area (Å²) in [6, 6.07) is 15.9. The van der Waals surface area contributed by atoms with Crippen LogP contribution >= 0.6 is 0 Å².